The molecular weight excluding hydrogens is 427 g/mol. The van der Waals surface area contributed by atoms with E-state index in [4.69, 9.17) is 19.2 Å². The number of aromatic nitrogens is 1. The van der Waals surface area contributed by atoms with Gasteiger partial charge in [-0.15, -0.1) is 0 Å². The minimum absolute atomic E-state index is 0.000179. The van der Waals surface area contributed by atoms with Crippen LogP contribution in [0.1, 0.15) is 24.5 Å². The van der Waals surface area contributed by atoms with Gasteiger partial charge in [0.25, 0.3) is 0 Å². The Morgan fingerprint density at radius 3 is 2.64 bits per heavy atom. The summed E-state index contributed by atoms with van der Waals surface area (Å²) < 4.78 is 30.9. The van der Waals surface area contributed by atoms with E-state index < -0.39 is 0 Å². The number of phenols is 1. The molecule has 2 N–H and O–H groups in total. The van der Waals surface area contributed by atoms with E-state index in [-0.39, 0.29) is 42.7 Å². The monoisotopic (exact) mass is 452 g/mol. The number of carbonyl (C=O) groups excluding carboxylic acids is 1. The van der Waals surface area contributed by atoms with Crippen molar-refractivity contribution < 1.29 is 28.5 Å². The number of rotatable bonds is 5. The van der Waals surface area contributed by atoms with Gasteiger partial charge in [-0.3, -0.25) is 4.79 Å². The van der Waals surface area contributed by atoms with E-state index in [1.165, 1.54) is 12.1 Å². The molecule has 5 rings (SSSR count). The second-order valence-corrected chi connectivity index (χ2v) is 8.35. The number of aromatic hydroxyl groups is 1. The molecule has 1 atom stereocenters. The van der Waals surface area contributed by atoms with E-state index in [0.717, 1.165) is 35.0 Å². The van der Waals surface area contributed by atoms with Gasteiger partial charge >= 0.3 is 0 Å². The normalized spacial score (nSPS) is 19.4. The Kier molecular flexibility index (Phi) is 6.11. The van der Waals surface area contributed by atoms with E-state index in [1.54, 1.807) is 24.3 Å². The van der Waals surface area contributed by atoms with Gasteiger partial charge < -0.3 is 24.6 Å². The van der Waals surface area contributed by atoms with Crippen LogP contribution >= 0.6 is 0 Å². The lowest BCUT2D eigenvalue weighted by Crippen LogP contribution is -2.45. The quantitative estimate of drug-likeness (QED) is 0.616. The minimum atomic E-state index is -0.305. The lowest BCUT2D eigenvalue weighted by Gasteiger charge is -2.27. The SMILES string of the molecule is O=C1COC(COc2nc(C3CCOCC3)c(-c3ccc(F)cc3)c3ccc(O)cc23)CN1. The number of hydrogen-bond acceptors (Lipinski definition) is 6. The van der Waals surface area contributed by atoms with Crippen molar-refractivity contribution in [1.82, 2.24) is 10.3 Å². The fourth-order valence-electron chi connectivity index (χ4n) is 4.40. The third-order valence-electron chi connectivity index (χ3n) is 6.10. The van der Waals surface area contributed by atoms with Crippen LogP contribution < -0.4 is 10.1 Å². The van der Waals surface area contributed by atoms with Crippen LogP contribution in [-0.2, 0) is 14.3 Å². The van der Waals surface area contributed by atoms with Crippen molar-refractivity contribution in [3.8, 4) is 22.8 Å². The van der Waals surface area contributed by atoms with Gasteiger partial charge in [0.2, 0.25) is 11.8 Å². The second-order valence-electron chi connectivity index (χ2n) is 8.35. The largest absolute Gasteiger partial charge is 0.508 e. The molecule has 3 heterocycles. The lowest BCUT2D eigenvalue weighted by molar-refractivity contribution is -0.134. The van der Waals surface area contributed by atoms with Crippen molar-refractivity contribution in [3.05, 3.63) is 54.0 Å². The van der Waals surface area contributed by atoms with Crippen molar-refractivity contribution in [2.45, 2.75) is 24.9 Å². The molecule has 2 saturated heterocycles. The third kappa shape index (κ3) is 4.62. The fourth-order valence-corrected chi connectivity index (χ4v) is 4.40. The molecule has 2 fully saturated rings. The van der Waals surface area contributed by atoms with E-state index in [2.05, 4.69) is 5.32 Å². The molecule has 2 aromatic carbocycles. The molecule has 3 aromatic rings. The summed E-state index contributed by atoms with van der Waals surface area (Å²) in [4.78, 5) is 16.3. The van der Waals surface area contributed by atoms with Crippen molar-refractivity contribution in [1.29, 1.82) is 0 Å². The predicted molar refractivity (Wildman–Crippen MR) is 120 cm³/mol. The van der Waals surface area contributed by atoms with Gasteiger partial charge in [-0.25, -0.2) is 9.37 Å². The average molecular weight is 452 g/mol. The molecule has 0 aliphatic carbocycles. The second kappa shape index (κ2) is 9.33. The minimum Gasteiger partial charge on any atom is -0.508 e. The van der Waals surface area contributed by atoms with Crippen molar-refractivity contribution in [2.24, 2.45) is 0 Å². The molecule has 0 saturated carbocycles. The Labute approximate surface area is 190 Å². The number of nitrogens with zero attached hydrogens (tertiary/aromatic N) is 1. The zero-order valence-corrected chi connectivity index (χ0v) is 18.1. The number of morpholine rings is 1. The Hall–Kier alpha value is -3.23. The van der Waals surface area contributed by atoms with Crippen LogP contribution in [0, 0.1) is 5.82 Å². The number of phenolic OH excluding ortho intramolecular Hbond substituents is 1. The molecule has 1 unspecified atom stereocenters. The van der Waals surface area contributed by atoms with Crippen LogP contribution in [-0.4, -0.2) is 55.1 Å². The summed E-state index contributed by atoms with van der Waals surface area (Å²) in [5.41, 5.74) is 2.63. The number of fused-ring (bicyclic) bond motifs is 1. The summed E-state index contributed by atoms with van der Waals surface area (Å²) >= 11 is 0. The number of ether oxygens (including phenoxy) is 3. The van der Waals surface area contributed by atoms with Crippen molar-refractivity contribution >= 4 is 16.7 Å². The zero-order chi connectivity index (χ0) is 22.8. The standard InChI is InChI=1S/C25H25FN2O5/c26-17-3-1-15(2-4-17)23-20-6-5-18(29)11-21(20)25(28-24(23)16-7-9-31-10-8-16)33-13-19-12-27-22(30)14-32-19/h1-6,11,16,19,29H,7-10,12-14H2,(H,27,30). The average Bonchev–Trinajstić information content (AvgIpc) is 2.84. The molecule has 0 spiro atoms. The van der Waals surface area contributed by atoms with Gasteiger partial charge in [0.15, 0.2) is 0 Å². The zero-order valence-electron chi connectivity index (χ0n) is 18.1. The van der Waals surface area contributed by atoms with Crippen LogP contribution in [0.4, 0.5) is 4.39 Å². The molecule has 7 nitrogen and oxygen atoms in total. The predicted octanol–water partition coefficient (Wildman–Crippen LogP) is 3.53. The third-order valence-corrected chi connectivity index (χ3v) is 6.10. The van der Waals surface area contributed by atoms with Gasteiger partial charge in [-0.2, -0.15) is 0 Å². The highest BCUT2D eigenvalue weighted by molar-refractivity contribution is 6.01. The van der Waals surface area contributed by atoms with Gasteiger partial charge in [-0.05, 0) is 54.1 Å². The summed E-state index contributed by atoms with van der Waals surface area (Å²) in [7, 11) is 0. The molecule has 172 valence electrons. The molecule has 33 heavy (non-hydrogen) atoms. The Bertz CT molecular complexity index is 1150. The summed E-state index contributed by atoms with van der Waals surface area (Å²) in [5, 5.41) is 14.5. The molecule has 0 radical (unpaired) electrons. The summed E-state index contributed by atoms with van der Waals surface area (Å²) in [6, 6.07) is 11.5. The van der Waals surface area contributed by atoms with Crippen LogP contribution in [0.2, 0.25) is 0 Å². The van der Waals surface area contributed by atoms with E-state index in [9.17, 15) is 14.3 Å². The maximum Gasteiger partial charge on any atom is 0.246 e. The smallest absolute Gasteiger partial charge is 0.246 e. The molecular formula is C25H25FN2O5. The maximum absolute atomic E-state index is 13.7. The molecule has 2 aliphatic rings. The highest BCUT2D eigenvalue weighted by atomic mass is 19.1. The molecule has 2 aliphatic heterocycles. The Morgan fingerprint density at radius 2 is 1.91 bits per heavy atom. The number of amides is 1. The number of halogens is 1. The molecule has 0 bridgehead atoms. The first-order valence-electron chi connectivity index (χ1n) is 11.1. The first-order chi connectivity index (χ1) is 16.1. The maximum atomic E-state index is 13.7. The topological polar surface area (TPSA) is 89.9 Å². The van der Waals surface area contributed by atoms with Gasteiger partial charge in [0.1, 0.15) is 30.9 Å². The Morgan fingerprint density at radius 1 is 1.12 bits per heavy atom. The summed E-state index contributed by atoms with van der Waals surface area (Å²) in [5.74, 6) is 0.198. The van der Waals surface area contributed by atoms with Gasteiger partial charge in [0, 0.05) is 36.6 Å². The summed E-state index contributed by atoms with van der Waals surface area (Å²) in [6.07, 6.45) is 1.35. The van der Waals surface area contributed by atoms with Crippen LogP contribution in [0.5, 0.6) is 11.6 Å². The van der Waals surface area contributed by atoms with E-state index >= 15 is 0 Å². The number of benzene rings is 2. The van der Waals surface area contributed by atoms with Gasteiger partial charge in [0.05, 0.1) is 5.69 Å². The van der Waals surface area contributed by atoms with Crippen molar-refractivity contribution in [3.63, 3.8) is 0 Å². The van der Waals surface area contributed by atoms with E-state index in [0.29, 0.717) is 31.0 Å². The van der Waals surface area contributed by atoms with Crippen molar-refractivity contribution in [2.75, 3.05) is 33.0 Å². The molecule has 1 amide bonds. The van der Waals surface area contributed by atoms with Crippen LogP contribution in [0.3, 0.4) is 0 Å². The lowest BCUT2D eigenvalue weighted by atomic mass is 9.87. The summed E-state index contributed by atoms with van der Waals surface area (Å²) in [6.45, 7) is 1.87. The molecule has 8 heteroatoms. The first-order valence-corrected chi connectivity index (χ1v) is 11.1. The number of pyridine rings is 1. The first kappa shape index (κ1) is 21.6. The Balaban J connectivity index is 1.60. The highest BCUT2D eigenvalue weighted by Crippen LogP contribution is 2.42. The van der Waals surface area contributed by atoms with Crippen LogP contribution in [0.15, 0.2) is 42.5 Å². The fraction of sp³-hybridized carbons (Fsp3) is 0.360. The number of carbonyl (C=O) groups is 1. The number of hydrogen-bond donors (Lipinski definition) is 2. The number of nitrogens with one attached hydrogen (secondary N) is 1. The van der Waals surface area contributed by atoms with Crippen LogP contribution in [0.25, 0.3) is 21.9 Å². The van der Waals surface area contributed by atoms with Gasteiger partial charge in [-0.1, -0.05) is 12.1 Å². The molecule has 1 aromatic heterocycles. The van der Waals surface area contributed by atoms with E-state index in [1.807, 2.05) is 6.07 Å². The highest BCUT2D eigenvalue weighted by Gasteiger charge is 2.26.